The Bertz CT molecular complexity index is 711. The summed E-state index contributed by atoms with van der Waals surface area (Å²) >= 11 is 1.40. The van der Waals surface area contributed by atoms with Crippen LogP contribution in [0.5, 0.6) is 0 Å². The highest BCUT2D eigenvalue weighted by atomic mass is 32.1. The van der Waals surface area contributed by atoms with Gasteiger partial charge in [0.1, 0.15) is 11.0 Å². The van der Waals surface area contributed by atoms with Crippen LogP contribution in [-0.2, 0) is 4.74 Å². The number of aromatic nitrogens is 3. The molecule has 4 rings (SSSR count). The number of hydrogen-bond acceptors (Lipinski definition) is 7. The lowest BCUT2D eigenvalue weighted by molar-refractivity contribution is 0.0671. The van der Waals surface area contributed by atoms with E-state index in [2.05, 4.69) is 25.7 Å². The van der Waals surface area contributed by atoms with Gasteiger partial charge in [0.25, 0.3) is 0 Å². The normalized spacial score (nSPS) is 24.9. The molecule has 0 amide bonds. The van der Waals surface area contributed by atoms with Gasteiger partial charge in [0, 0.05) is 25.1 Å². The molecular formula is C17H22N4O2S. The van der Waals surface area contributed by atoms with Crippen molar-refractivity contribution in [3.63, 3.8) is 0 Å². The maximum Gasteiger partial charge on any atom is 0.180 e. The number of rotatable bonds is 4. The predicted molar refractivity (Wildman–Crippen MR) is 91.8 cm³/mol. The summed E-state index contributed by atoms with van der Waals surface area (Å²) < 4.78 is 15.3. The first-order valence-electron chi connectivity index (χ1n) is 8.58. The molecule has 2 atom stereocenters. The minimum absolute atomic E-state index is 0.318. The molecule has 128 valence electrons. The molecule has 0 unspecified atom stereocenters. The number of piperidine rings is 1. The van der Waals surface area contributed by atoms with Gasteiger partial charge in [0.05, 0.1) is 17.6 Å². The van der Waals surface area contributed by atoms with Gasteiger partial charge >= 0.3 is 0 Å². The molecule has 0 N–H and O–H groups in total. The van der Waals surface area contributed by atoms with Crippen LogP contribution in [-0.4, -0.2) is 45.4 Å². The molecule has 2 aromatic rings. The van der Waals surface area contributed by atoms with Gasteiger partial charge in [-0.3, -0.25) is 4.90 Å². The molecule has 2 aliphatic heterocycles. The monoisotopic (exact) mass is 346 g/mol. The summed E-state index contributed by atoms with van der Waals surface area (Å²) in [5.74, 6) is 1.19. The van der Waals surface area contributed by atoms with Crippen molar-refractivity contribution in [2.75, 3.05) is 19.6 Å². The topological polar surface area (TPSA) is 64.3 Å². The van der Waals surface area contributed by atoms with Crippen LogP contribution in [0.2, 0.25) is 0 Å². The van der Waals surface area contributed by atoms with E-state index in [1.165, 1.54) is 18.0 Å². The zero-order valence-electron chi connectivity index (χ0n) is 13.9. The van der Waals surface area contributed by atoms with Crippen molar-refractivity contribution in [3.8, 4) is 10.6 Å². The summed E-state index contributed by atoms with van der Waals surface area (Å²) in [5.41, 5.74) is 1.95. The first kappa shape index (κ1) is 15.8. The minimum Gasteiger partial charge on any atom is -0.497 e. The molecule has 0 radical (unpaired) electrons. The number of aryl methyl sites for hydroxylation is 1. The summed E-state index contributed by atoms with van der Waals surface area (Å²) in [6.45, 7) is 5.07. The fraction of sp³-hybridized carbons (Fsp3) is 0.588. The van der Waals surface area contributed by atoms with E-state index >= 15 is 0 Å². The first-order valence-corrected chi connectivity index (χ1v) is 9.35. The number of ether oxygens (including phenoxy) is 1. The van der Waals surface area contributed by atoms with Gasteiger partial charge in [-0.2, -0.15) is 0 Å². The summed E-state index contributed by atoms with van der Waals surface area (Å²) in [7, 11) is 0. The van der Waals surface area contributed by atoms with Gasteiger partial charge in [-0.05, 0) is 56.8 Å². The smallest absolute Gasteiger partial charge is 0.180 e. The van der Waals surface area contributed by atoms with E-state index in [4.69, 9.17) is 9.26 Å². The lowest BCUT2D eigenvalue weighted by atomic mass is 9.93. The van der Waals surface area contributed by atoms with Gasteiger partial charge in [-0.15, -0.1) is 5.10 Å². The van der Waals surface area contributed by atoms with Crippen molar-refractivity contribution in [1.29, 1.82) is 0 Å². The van der Waals surface area contributed by atoms with Crippen molar-refractivity contribution in [3.05, 3.63) is 29.8 Å². The molecule has 0 spiro atoms. The van der Waals surface area contributed by atoms with Crippen LogP contribution in [0.3, 0.4) is 0 Å². The van der Waals surface area contributed by atoms with E-state index in [0.29, 0.717) is 12.0 Å². The summed E-state index contributed by atoms with van der Waals surface area (Å²) in [6, 6.07) is 1.96. The van der Waals surface area contributed by atoms with E-state index in [9.17, 15) is 0 Å². The highest BCUT2D eigenvalue weighted by molar-refractivity contribution is 7.09. The van der Waals surface area contributed by atoms with Crippen LogP contribution in [0.4, 0.5) is 0 Å². The molecule has 1 fully saturated rings. The first-order chi connectivity index (χ1) is 11.8. The standard InChI is InChI=1S/C17H22N4O2S/c1-12-9-15(23-19-12)17-16(18-20-24-17)13-5-4-7-21(10-13)11-14-6-2-3-8-22-14/h3,8-9,13-14H,2,4-7,10-11H2,1H3/t13-,14-/m1/s1. The maximum absolute atomic E-state index is 5.73. The maximum atomic E-state index is 5.73. The molecule has 6 nitrogen and oxygen atoms in total. The molecular weight excluding hydrogens is 324 g/mol. The SMILES string of the molecule is Cc1cc(-c2snnc2[C@@H]2CCCN(C[C@H]3CCC=CO3)C2)on1. The predicted octanol–water partition coefficient (Wildman–Crippen LogP) is 3.37. The third kappa shape index (κ3) is 3.37. The molecule has 1 saturated heterocycles. The molecule has 2 aromatic heterocycles. The zero-order valence-corrected chi connectivity index (χ0v) is 14.7. The molecule has 0 aromatic carbocycles. The highest BCUT2D eigenvalue weighted by Gasteiger charge is 2.29. The van der Waals surface area contributed by atoms with Crippen LogP contribution < -0.4 is 0 Å². The Kier molecular flexibility index (Phi) is 4.62. The Morgan fingerprint density at radius 1 is 1.38 bits per heavy atom. The molecule has 24 heavy (non-hydrogen) atoms. The average molecular weight is 346 g/mol. The molecule has 0 aliphatic carbocycles. The number of allylic oxidation sites excluding steroid dienone is 1. The second kappa shape index (κ2) is 7.03. The van der Waals surface area contributed by atoms with Crippen molar-refractivity contribution >= 4 is 11.5 Å². The van der Waals surface area contributed by atoms with Crippen LogP contribution in [0.25, 0.3) is 10.6 Å². The van der Waals surface area contributed by atoms with Gasteiger partial charge < -0.3 is 9.26 Å². The van der Waals surface area contributed by atoms with Crippen molar-refractivity contribution < 1.29 is 9.26 Å². The number of hydrogen-bond donors (Lipinski definition) is 0. The van der Waals surface area contributed by atoms with Gasteiger partial charge in [-0.1, -0.05) is 9.64 Å². The van der Waals surface area contributed by atoms with Gasteiger partial charge in [-0.25, -0.2) is 0 Å². The molecule has 0 bridgehead atoms. The van der Waals surface area contributed by atoms with Gasteiger partial charge in [0.2, 0.25) is 0 Å². The Morgan fingerprint density at radius 2 is 2.33 bits per heavy atom. The van der Waals surface area contributed by atoms with Crippen LogP contribution in [0.15, 0.2) is 22.9 Å². The van der Waals surface area contributed by atoms with E-state index < -0.39 is 0 Å². The van der Waals surface area contributed by atoms with E-state index in [-0.39, 0.29) is 0 Å². The largest absolute Gasteiger partial charge is 0.497 e. The second-order valence-electron chi connectivity index (χ2n) is 6.63. The Labute approximate surface area is 145 Å². The zero-order chi connectivity index (χ0) is 16.4. The van der Waals surface area contributed by atoms with Crippen molar-refractivity contribution in [2.45, 2.75) is 44.6 Å². The third-order valence-corrected chi connectivity index (χ3v) is 5.50. The summed E-state index contributed by atoms with van der Waals surface area (Å²) in [6.07, 6.45) is 8.82. The quantitative estimate of drug-likeness (QED) is 0.846. The van der Waals surface area contributed by atoms with Crippen LogP contribution in [0.1, 0.15) is 43.0 Å². The molecule has 0 saturated carbocycles. The Hall–Kier alpha value is -1.73. The number of nitrogens with zero attached hydrogens (tertiary/aromatic N) is 4. The highest BCUT2D eigenvalue weighted by Crippen LogP contribution is 2.35. The van der Waals surface area contributed by atoms with E-state index in [1.54, 1.807) is 0 Å². The van der Waals surface area contributed by atoms with Crippen LogP contribution in [0, 0.1) is 6.92 Å². The van der Waals surface area contributed by atoms with Crippen LogP contribution >= 0.6 is 11.5 Å². The third-order valence-electron chi connectivity index (χ3n) is 4.74. The lowest BCUT2D eigenvalue weighted by Gasteiger charge is -2.34. The fourth-order valence-electron chi connectivity index (χ4n) is 3.56. The van der Waals surface area contributed by atoms with E-state index in [1.807, 2.05) is 19.3 Å². The van der Waals surface area contributed by atoms with Crippen molar-refractivity contribution in [2.24, 2.45) is 0 Å². The minimum atomic E-state index is 0.318. The van der Waals surface area contributed by atoms with Crippen molar-refractivity contribution in [1.82, 2.24) is 19.6 Å². The molecule has 4 heterocycles. The Morgan fingerprint density at radius 3 is 3.12 bits per heavy atom. The summed E-state index contributed by atoms with van der Waals surface area (Å²) in [5, 5.41) is 8.41. The lowest BCUT2D eigenvalue weighted by Crippen LogP contribution is -2.40. The van der Waals surface area contributed by atoms with E-state index in [0.717, 1.165) is 60.9 Å². The Balaban J connectivity index is 1.46. The van der Waals surface area contributed by atoms with Gasteiger partial charge in [0.15, 0.2) is 5.76 Å². The average Bonchev–Trinajstić information content (AvgIpc) is 3.24. The second-order valence-corrected chi connectivity index (χ2v) is 7.38. The summed E-state index contributed by atoms with van der Waals surface area (Å²) in [4.78, 5) is 3.53. The fourth-order valence-corrected chi connectivity index (χ4v) is 4.26. The number of likely N-dealkylation sites (tertiary alicyclic amines) is 1. The molecule has 2 aliphatic rings. The molecule has 7 heteroatoms.